The van der Waals surface area contributed by atoms with E-state index in [1.54, 1.807) is 13.8 Å². The minimum absolute atomic E-state index is 0. The number of hydrogen-bond donors (Lipinski definition) is 6. The molecule has 2 unspecified atom stereocenters. The van der Waals surface area contributed by atoms with Crippen molar-refractivity contribution in [2.24, 2.45) is 0 Å². The first-order valence-electron chi connectivity index (χ1n) is 35.9. The van der Waals surface area contributed by atoms with Crippen molar-refractivity contribution in [2.75, 3.05) is 123 Å². The molecular weight excluding hydrogens is 1650 g/mol. The molecule has 36 heteroatoms. The van der Waals surface area contributed by atoms with Crippen LogP contribution in [0.1, 0.15) is 133 Å². The highest BCUT2D eigenvalue weighted by Gasteiger charge is 2.42. The molecule has 4 saturated heterocycles. The lowest BCUT2D eigenvalue weighted by Gasteiger charge is -2.35. The Morgan fingerprint density at radius 1 is 0.391 bits per heavy atom. The molecule has 610 valence electrons. The van der Waals surface area contributed by atoms with E-state index in [9.17, 15) is 71.9 Å². The quantitative estimate of drug-likeness (QED) is 0.0436. The van der Waals surface area contributed by atoms with Crippen LogP contribution in [-0.4, -0.2) is 155 Å². The van der Waals surface area contributed by atoms with Crippen molar-refractivity contribution in [3.63, 3.8) is 0 Å². The maximum atomic E-state index is 13.7. The van der Waals surface area contributed by atoms with Gasteiger partial charge in [0.1, 0.15) is 57.7 Å². The first-order chi connectivity index (χ1) is 54.7. The summed E-state index contributed by atoms with van der Waals surface area (Å²) in [5.41, 5.74) is 7.34. The summed E-state index contributed by atoms with van der Waals surface area (Å²) in [6.45, 7) is 12.0. The molecule has 0 bridgehead atoms. The van der Waals surface area contributed by atoms with Gasteiger partial charge in [-0.25, -0.2) is 29.9 Å². The average molecular weight is 1740 g/mol. The number of benzene rings is 2. The van der Waals surface area contributed by atoms with E-state index in [2.05, 4.69) is 93.0 Å². The van der Waals surface area contributed by atoms with Crippen LogP contribution in [0.2, 0.25) is 0 Å². The molecule has 115 heavy (non-hydrogen) atoms. The topological polar surface area (TPSA) is 285 Å². The third kappa shape index (κ3) is 21.4. The highest BCUT2D eigenvalue weighted by Crippen LogP contribution is 2.40. The van der Waals surface area contributed by atoms with Crippen molar-refractivity contribution >= 4 is 89.9 Å². The second-order valence-corrected chi connectivity index (χ2v) is 28.4. The van der Waals surface area contributed by atoms with Gasteiger partial charge in [-0.2, -0.15) is 52.7 Å². The van der Waals surface area contributed by atoms with E-state index in [4.69, 9.17) is 11.5 Å². The van der Waals surface area contributed by atoms with E-state index in [1.165, 1.54) is 85.5 Å². The molecule has 10 aromatic rings. The first-order valence-corrected chi connectivity index (χ1v) is 37.5. The number of rotatable bonds is 14. The third-order valence-electron chi connectivity index (χ3n) is 18.9. The van der Waals surface area contributed by atoms with Gasteiger partial charge < -0.3 is 52.3 Å². The summed E-state index contributed by atoms with van der Waals surface area (Å²) < 4.78 is 163. The van der Waals surface area contributed by atoms with Gasteiger partial charge in [-0.1, -0.05) is 60.7 Å². The van der Waals surface area contributed by atoms with Crippen molar-refractivity contribution in [1.82, 2.24) is 61.1 Å². The molecule has 14 rings (SSSR count). The lowest BCUT2D eigenvalue weighted by molar-refractivity contribution is -0.138. The number of alkyl halides is 12. The zero-order valence-corrected chi connectivity index (χ0v) is 64.5. The Morgan fingerprint density at radius 3 is 1.17 bits per heavy atom. The fourth-order valence-corrected chi connectivity index (χ4v) is 13.7. The number of nitrogens with two attached hydrogens (primary N) is 2. The van der Waals surface area contributed by atoms with Crippen LogP contribution in [0.25, 0.3) is 0 Å². The average Bonchev–Trinajstić information content (AvgIpc) is 0.975. The van der Waals surface area contributed by atoms with E-state index < -0.39 is 92.9 Å². The smallest absolute Gasteiger partial charge is 0.383 e. The number of nitrogens with one attached hydrogen (secondary N) is 4. The molecule has 2 atom stereocenters. The Bertz CT molecular complexity index is 5140. The molecular formula is C79H82Br2F12N18O4. The standard InChI is InChI=1S/C23H20BrF3N4O.C23H21F3N4O.C17H18F3N5O.C16H15BrF3N5O.4H2/c1-14-17(11-16(24)12-29-14)22(32)21-18(23(25,26)27)7-8-20(30-21)31-10-9-28-19(13-31)15-5-3-2-4-6-15;1-15-17(8-5-11-27-15)22(31)21-18(23(24,25)26)9-10-20(29-21)30-13-12-28-19(14-30)16-6-3-2-4-7-16;18-17(19,20)12-4-5-13(25-9-2-6-22-8-10-25)24-14(12)15(26)11-3-1-7-23-16(11)21;17-9-7-10(15(21)23-8-9)14(26)13-11(16(18,19)20)1-2-12(24-13)25-5-3-22-4-6-25;;;;/h2-8,11-12,19,28H,9-10,13H2,1H3;2-11,19,28H,12-14H2,1H3;1,3-5,7,22H,2,6,8-10H2,(H2,21,23);1-2,7-8,22H,3-6H2,(H2,21,23);4*1H. The molecule has 0 saturated carbocycles. The van der Waals surface area contributed by atoms with Crippen LogP contribution < -0.4 is 52.3 Å². The zero-order chi connectivity index (χ0) is 82.5. The molecule has 12 heterocycles. The van der Waals surface area contributed by atoms with Crippen molar-refractivity contribution in [3.05, 3.63) is 269 Å². The second-order valence-electron chi connectivity index (χ2n) is 26.6. The van der Waals surface area contributed by atoms with Crippen LogP contribution in [-0.2, 0) is 24.7 Å². The van der Waals surface area contributed by atoms with E-state index in [1.807, 2.05) is 80.3 Å². The summed E-state index contributed by atoms with van der Waals surface area (Å²) in [6, 6.07) is 37.2. The highest BCUT2D eigenvalue weighted by atomic mass is 79.9. The second kappa shape index (κ2) is 37.1. The lowest BCUT2D eigenvalue weighted by Crippen LogP contribution is -2.46. The number of anilines is 6. The molecule has 4 aliphatic rings. The number of hydrogen-bond acceptors (Lipinski definition) is 22. The Kier molecular flexibility index (Phi) is 27.4. The van der Waals surface area contributed by atoms with E-state index in [0.29, 0.717) is 129 Å². The molecule has 0 amide bonds. The Morgan fingerprint density at radius 2 is 0.739 bits per heavy atom. The monoisotopic (exact) mass is 1730 g/mol. The van der Waals surface area contributed by atoms with Gasteiger partial charge in [0, 0.05) is 159 Å². The maximum absolute atomic E-state index is 13.7. The van der Waals surface area contributed by atoms with Crippen LogP contribution >= 0.6 is 31.9 Å². The summed E-state index contributed by atoms with van der Waals surface area (Å²) >= 11 is 6.37. The molecule has 0 radical (unpaired) electrons. The number of pyridine rings is 8. The summed E-state index contributed by atoms with van der Waals surface area (Å²) in [5.74, 6) is -2.33. The molecule has 8 N–H and O–H groups in total. The number of carbonyl (C=O) groups is 4. The van der Waals surface area contributed by atoms with Gasteiger partial charge in [-0.05, 0) is 155 Å². The van der Waals surface area contributed by atoms with Crippen LogP contribution in [0.5, 0.6) is 0 Å². The van der Waals surface area contributed by atoms with Gasteiger partial charge in [0.05, 0.1) is 33.4 Å². The van der Waals surface area contributed by atoms with Crippen molar-refractivity contribution in [3.8, 4) is 0 Å². The van der Waals surface area contributed by atoms with Crippen molar-refractivity contribution in [2.45, 2.75) is 57.1 Å². The first kappa shape index (κ1) is 85.0. The van der Waals surface area contributed by atoms with Crippen molar-refractivity contribution in [1.29, 1.82) is 0 Å². The minimum atomic E-state index is -4.71. The van der Waals surface area contributed by atoms with Crippen LogP contribution in [0.4, 0.5) is 87.6 Å². The largest absolute Gasteiger partial charge is 0.418 e. The highest BCUT2D eigenvalue weighted by molar-refractivity contribution is 9.10. The van der Waals surface area contributed by atoms with Crippen LogP contribution in [0.3, 0.4) is 0 Å². The van der Waals surface area contributed by atoms with Gasteiger partial charge >= 0.3 is 24.7 Å². The Balaban J connectivity index is 0.000000217. The molecule has 0 aliphatic carbocycles. The summed E-state index contributed by atoms with van der Waals surface area (Å²) in [4.78, 5) is 91.4. The van der Waals surface area contributed by atoms with Gasteiger partial charge in [0.25, 0.3) is 0 Å². The number of aromatic nitrogens is 8. The number of nitrogens with zero attached hydrogens (tertiary/aromatic N) is 12. The summed E-state index contributed by atoms with van der Waals surface area (Å²) in [5, 5.41) is 13.2. The fourth-order valence-electron chi connectivity index (χ4n) is 13.0. The molecule has 22 nitrogen and oxygen atoms in total. The minimum Gasteiger partial charge on any atom is -0.383 e. The summed E-state index contributed by atoms with van der Waals surface area (Å²) in [6.07, 6.45) is -12.3. The lowest BCUT2D eigenvalue weighted by atomic mass is 10.0. The number of halogens is 14. The van der Waals surface area contributed by atoms with E-state index in [0.717, 1.165) is 48.4 Å². The fraction of sp³-hybridized carbons (Fsp3) is 0.291. The zero-order valence-electron chi connectivity index (χ0n) is 61.4. The Labute approximate surface area is 674 Å². The molecule has 4 aliphatic heterocycles. The molecule has 0 spiro atoms. The van der Waals surface area contributed by atoms with Gasteiger partial charge in [0.2, 0.25) is 23.1 Å². The third-order valence-corrected chi connectivity index (χ3v) is 19.7. The predicted molar refractivity (Wildman–Crippen MR) is 423 cm³/mol. The SMILES string of the molecule is Cc1ncc(Br)cc1C(=O)c1nc(N2CCNC(c3ccccc3)C2)ccc1C(F)(F)F.Cc1ncccc1C(=O)c1nc(N2CCNC(c3ccccc3)C2)ccc1C(F)(F)F.Nc1ncc(Br)cc1C(=O)c1nc(N2CCNCC2)ccc1C(F)(F)F.Nc1ncccc1C(=O)c1nc(N2CCCNCC2)ccc1C(F)(F)F.[HH].[HH].[HH].[HH]. The number of nitrogen functional groups attached to an aromatic ring is 2. The number of carbonyl (C=O) groups excluding carboxylic acids is 4. The number of ketones is 4. The van der Waals surface area contributed by atoms with E-state index in [-0.39, 0.29) is 51.7 Å². The normalized spacial score (nSPS) is 16.2. The Hall–Kier alpha value is -10.9. The summed E-state index contributed by atoms with van der Waals surface area (Å²) in [7, 11) is 0. The maximum Gasteiger partial charge on any atom is 0.418 e. The predicted octanol–water partition coefficient (Wildman–Crippen LogP) is 14.7. The van der Waals surface area contributed by atoms with E-state index >= 15 is 0 Å². The molecule has 4 fully saturated rings. The van der Waals surface area contributed by atoms with Crippen molar-refractivity contribution < 1.29 is 77.6 Å². The molecule has 2 aromatic carbocycles. The number of piperazine rings is 3. The number of aryl methyl sites for hydroxylation is 2. The van der Waals surface area contributed by atoms with Crippen LogP contribution in [0, 0.1) is 13.8 Å². The van der Waals surface area contributed by atoms with Gasteiger partial charge in [-0.15, -0.1) is 0 Å². The van der Waals surface area contributed by atoms with Gasteiger partial charge in [0.15, 0.2) is 0 Å². The van der Waals surface area contributed by atoms with Crippen LogP contribution in [0.15, 0.2) is 179 Å². The van der Waals surface area contributed by atoms with Gasteiger partial charge in [-0.3, -0.25) is 29.1 Å². The molecule has 8 aromatic heterocycles.